The minimum Gasteiger partial charge on any atom is -0.321 e. The standard InChI is InChI=1S/C17H22FN5O/c1-3-15-19-16(21-22(15)2)20-17(24)23-9-5-8-14(23)11-12-6-4-7-13(18)10-12/h4,6-7,10,14H,3,5,8-9,11H2,1-2H3,(H,20,21,24). The number of carbonyl (C=O) groups excluding carboxylic acids is 1. The Kier molecular flexibility index (Phi) is 4.78. The summed E-state index contributed by atoms with van der Waals surface area (Å²) in [5, 5.41) is 6.99. The van der Waals surface area contributed by atoms with Crippen molar-refractivity contribution in [1.82, 2.24) is 19.7 Å². The number of rotatable bonds is 4. The average Bonchev–Trinajstić information content (AvgIpc) is 3.13. The average molecular weight is 331 g/mol. The normalized spacial score (nSPS) is 17.3. The molecule has 2 heterocycles. The molecule has 2 aromatic rings. The van der Waals surface area contributed by atoms with Crippen LogP contribution in [0, 0.1) is 5.82 Å². The highest BCUT2D eigenvalue weighted by Crippen LogP contribution is 2.22. The Labute approximate surface area is 140 Å². The summed E-state index contributed by atoms with van der Waals surface area (Å²) >= 11 is 0. The lowest BCUT2D eigenvalue weighted by Crippen LogP contribution is -2.40. The lowest BCUT2D eigenvalue weighted by atomic mass is 10.0. The van der Waals surface area contributed by atoms with Crippen LogP contribution in [0.1, 0.15) is 31.2 Å². The highest BCUT2D eigenvalue weighted by Gasteiger charge is 2.29. The molecule has 24 heavy (non-hydrogen) atoms. The second-order valence-electron chi connectivity index (χ2n) is 6.08. The van der Waals surface area contributed by atoms with Crippen molar-refractivity contribution in [1.29, 1.82) is 0 Å². The topological polar surface area (TPSA) is 63.1 Å². The summed E-state index contributed by atoms with van der Waals surface area (Å²) in [5.41, 5.74) is 0.906. The summed E-state index contributed by atoms with van der Waals surface area (Å²) < 4.78 is 15.0. The Morgan fingerprint density at radius 2 is 2.29 bits per heavy atom. The van der Waals surface area contributed by atoms with Gasteiger partial charge in [0.15, 0.2) is 0 Å². The number of carbonyl (C=O) groups is 1. The number of nitrogens with one attached hydrogen (secondary N) is 1. The van der Waals surface area contributed by atoms with Gasteiger partial charge in [-0.05, 0) is 37.0 Å². The van der Waals surface area contributed by atoms with Gasteiger partial charge >= 0.3 is 6.03 Å². The van der Waals surface area contributed by atoms with E-state index in [1.165, 1.54) is 12.1 Å². The first-order valence-electron chi connectivity index (χ1n) is 8.28. The van der Waals surface area contributed by atoms with E-state index in [1.807, 2.05) is 20.0 Å². The fourth-order valence-corrected chi connectivity index (χ4v) is 3.20. The molecule has 1 atom stereocenters. The number of aromatic nitrogens is 3. The van der Waals surface area contributed by atoms with Crippen molar-refractivity contribution in [3.8, 4) is 0 Å². The van der Waals surface area contributed by atoms with E-state index >= 15 is 0 Å². The highest BCUT2D eigenvalue weighted by atomic mass is 19.1. The van der Waals surface area contributed by atoms with Crippen LogP contribution in [0.4, 0.5) is 15.1 Å². The molecule has 128 valence electrons. The minimum absolute atomic E-state index is 0.0705. The zero-order valence-corrected chi connectivity index (χ0v) is 14.0. The molecule has 0 saturated carbocycles. The SMILES string of the molecule is CCc1nc(NC(=O)N2CCCC2Cc2cccc(F)c2)nn1C. The molecule has 0 radical (unpaired) electrons. The van der Waals surface area contributed by atoms with E-state index in [1.54, 1.807) is 15.6 Å². The maximum absolute atomic E-state index is 13.3. The molecule has 0 aliphatic carbocycles. The zero-order valence-electron chi connectivity index (χ0n) is 14.0. The van der Waals surface area contributed by atoms with Crippen molar-refractivity contribution < 1.29 is 9.18 Å². The van der Waals surface area contributed by atoms with Gasteiger partial charge in [-0.25, -0.2) is 9.18 Å². The maximum Gasteiger partial charge on any atom is 0.324 e. The van der Waals surface area contributed by atoms with Gasteiger partial charge < -0.3 is 4.90 Å². The number of amides is 2. The number of urea groups is 1. The van der Waals surface area contributed by atoms with Gasteiger partial charge in [-0.1, -0.05) is 19.1 Å². The Balaban J connectivity index is 1.66. The van der Waals surface area contributed by atoms with Gasteiger partial charge in [0, 0.05) is 26.1 Å². The molecule has 1 unspecified atom stereocenters. The summed E-state index contributed by atoms with van der Waals surface area (Å²) in [7, 11) is 1.81. The predicted octanol–water partition coefficient (Wildman–Crippen LogP) is 2.76. The molecule has 1 aromatic carbocycles. The lowest BCUT2D eigenvalue weighted by Gasteiger charge is -2.24. The number of likely N-dealkylation sites (tertiary alicyclic amines) is 1. The number of anilines is 1. The molecule has 1 N–H and O–H groups in total. The van der Waals surface area contributed by atoms with Crippen LogP contribution >= 0.6 is 0 Å². The quantitative estimate of drug-likeness (QED) is 0.937. The molecule has 7 heteroatoms. The van der Waals surface area contributed by atoms with E-state index in [0.29, 0.717) is 18.9 Å². The largest absolute Gasteiger partial charge is 0.324 e. The van der Waals surface area contributed by atoms with Gasteiger partial charge in [0.1, 0.15) is 11.6 Å². The van der Waals surface area contributed by atoms with Crippen LogP contribution < -0.4 is 5.32 Å². The van der Waals surface area contributed by atoms with E-state index in [0.717, 1.165) is 30.7 Å². The molecule has 1 aliphatic heterocycles. The van der Waals surface area contributed by atoms with Gasteiger partial charge in [-0.15, -0.1) is 5.10 Å². The van der Waals surface area contributed by atoms with Crippen molar-refractivity contribution in [2.45, 2.75) is 38.6 Å². The van der Waals surface area contributed by atoms with Crippen molar-refractivity contribution in [3.63, 3.8) is 0 Å². The van der Waals surface area contributed by atoms with Crippen LogP contribution in [0.5, 0.6) is 0 Å². The van der Waals surface area contributed by atoms with Crippen LogP contribution in [-0.4, -0.2) is 38.3 Å². The van der Waals surface area contributed by atoms with E-state index in [9.17, 15) is 9.18 Å². The molecule has 6 nitrogen and oxygen atoms in total. The van der Waals surface area contributed by atoms with E-state index in [2.05, 4.69) is 15.4 Å². The zero-order chi connectivity index (χ0) is 17.1. The first kappa shape index (κ1) is 16.4. The second kappa shape index (κ2) is 6.98. The second-order valence-corrected chi connectivity index (χ2v) is 6.08. The third-order valence-corrected chi connectivity index (χ3v) is 4.39. The number of hydrogen-bond acceptors (Lipinski definition) is 3. The van der Waals surface area contributed by atoms with Crippen molar-refractivity contribution in [3.05, 3.63) is 41.5 Å². The van der Waals surface area contributed by atoms with Crippen LogP contribution in [0.25, 0.3) is 0 Å². The molecule has 1 saturated heterocycles. The Morgan fingerprint density at radius 1 is 1.46 bits per heavy atom. The third kappa shape index (κ3) is 3.55. The Bertz CT molecular complexity index is 730. The molecular formula is C17H22FN5O. The van der Waals surface area contributed by atoms with Crippen LogP contribution in [0.2, 0.25) is 0 Å². The lowest BCUT2D eigenvalue weighted by molar-refractivity contribution is 0.206. The monoisotopic (exact) mass is 331 g/mol. The minimum atomic E-state index is -0.244. The fourth-order valence-electron chi connectivity index (χ4n) is 3.20. The number of halogens is 1. The van der Waals surface area contributed by atoms with Gasteiger partial charge in [-0.2, -0.15) is 4.98 Å². The van der Waals surface area contributed by atoms with E-state index < -0.39 is 0 Å². The van der Waals surface area contributed by atoms with Gasteiger partial charge in [-0.3, -0.25) is 10.00 Å². The Hall–Kier alpha value is -2.44. The molecule has 1 aromatic heterocycles. The van der Waals surface area contributed by atoms with Gasteiger partial charge in [0.05, 0.1) is 0 Å². The summed E-state index contributed by atoms with van der Waals surface area (Å²) in [5.74, 6) is 0.907. The van der Waals surface area contributed by atoms with Gasteiger partial charge in [0.2, 0.25) is 5.95 Å². The number of aryl methyl sites for hydroxylation is 2. The van der Waals surface area contributed by atoms with Crippen molar-refractivity contribution in [2.75, 3.05) is 11.9 Å². The smallest absolute Gasteiger partial charge is 0.321 e. The molecular weight excluding hydrogens is 309 g/mol. The number of benzene rings is 1. The fraction of sp³-hybridized carbons (Fsp3) is 0.471. The summed E-state index contributed by atoms with van der Waals surface area (Å²) in [4.78, 5) is 18.6. The van der Waals surface area contributed by atoms with Crippen LogP contribution in [-0.2, 0) is 19.9 Å². The number of nitrogens with zero attached hydrogens (tertiary/aromatic N) is 4. The summed E-state index contributed by atoms with van der Waals surface area (Å²) in [6, 6.07) is 6.44. The molecule has 1 aliphatic rings. The van der Waals surface area contributed by atoms with E-state index in [-0.39, 0.29) is 17.9 Å². The van der Waals surface area contributed by atoms with E-state index in [4.69, 9.17) is 0 Å². The van der Waals surface area contributed by atoms with Crippen molar-refractivity contribution in [2.24, 2.45) is 7.05 Å². The predicted molar refractivity (Wildman–Crippen MR) is 89.2 cm³/mol. The summed E-state index contributed by atoms with van der Waals surface area (Å²) in [6.07, 6.45) is 3.27. The maximum atomic E-state index is 13.3. The molecule has 0 spiro atoms. The summed E-state index contributed by atoms with van der Waals surface area (Å²) in [6.45, 7) is 2.68. The molecule has 0 bridgehead atoms. The first-order valence-corrected chi connectivity index (χ1v) is 8.28. The molecule has 1 fully saturated rings. The first-order chi connectivity index (χ1) is 11.6. The van der Waals surface area contributed by atoms with Gasteiger partial charge in [0.25, 0.3) is 0 Å². The highest BCUT2D eigenvalue weighted by molar-refractivity contribution is 5.87. The van der Waals surface area contributed by atoms with Crippen LogP contribution in [0.3, 0.4) is 0 Å². The Morgan fingerprint density at radius 3 is 3.00 bits per heavy atom. The molecule has 2 amide bonds. The third-order valence-electron chi connectivity index (χ3n) is 4.39. The molecule has 3 rings (SSSR count). The number of hydrogen-bond donors (Lipinski definition) is 1. The van der Waals surface area contributed by atoms with Crippen LogP contribution in [0.15, 0.2) is 24.3 Å². The van der Waals surface area contributed by atoms with Crippen molar-refractivity contribution >= 4 is 12.0 Å².